The van der Waals surface area contributed by atoms with Crippen molar-refractivity contribution in [1.29, 1.82) is 0 Å². The van der Waals surface area contributed by atoms with Crippen LogP contribution in [0.25, 0.3) is 0 Å². The van der Waals surface area contributed by atoms with Crippen LogP contribution in [-0.4, -0.2) is 43.8 Å². The van der Waals surface area contributed by atoms with Crippen molar-refractivity contribution in [1.82, 2.24) is 5.32 Å². The Morgan fingerprint density at radius 2 is 2.27 bits per heavy atom. The monoisotopic (exact) mass is 157 g/mol. The van der Waals surface area contributed by atoms with E-state index in [1.807, 2.05) is 0 Å². The van der Waals surface area contributed by atoms with Crippen molar-refractivity contribution in [2.45, 2.75) is 26.3 Å². The molecule has 1 aliphatic heterocycles. The molecule has 0 aromatic rings. The number of nitrogens with zero attached hydrogens (tertiary/aromatic N) is 1. The second-order valence-electron chi connectivity index (χ2n) is 3.98. The maximum atomic E-state index is 3.43. The Labute approximate surface area is 70.2 Å². The first-order valence-corrected chi connectivity index (χ1v) is 4.74. The number of likely N-dealkylation sites (N-methyl/N-ethyl adjacent to an activating group) is 1. The summed E-state index contributed by atoms with van der Waals surface area (Å²) in [5.41, 5.74) is 0. The lowest BCUT2D eigenvalue weighted by Gasteiger charge is -2.43. The molecule has 0 amide bonds. The standard InChI is InChI=1S/C9H21N2/c1-4-6-11(3)7-5-10-8-9(11)2/h9-10H,4-8H2,1-3H3/q+1/t9-,11?/m0/s1. The van der Waals surface area contributed by atoms with Crippen LogP contribution in [0.1, 0.15) is 20.3 Å². The van der Waals surface area contributed by atoms with Gasteiger partial charge in [-0.2, -0.15) is 0 Å². The smallest absolute Gasteiger partial charge is 0.0986 e. The second kappa shape index (κ2) is 3.55. The van der Waals surface area contributed by atoms with E-state index in [0.717, 1.165) is 6.04 Å². The summed E-state index contributed by atoms with van der Waals surface area (Å²) in [6.45, 7) is 9.65. The van der Waals surface area contributed by atoms with Crippen molar-refractivity contribution in [2.24, 2.45) is 0 Å². The van der Waals surface area contributed by atoms with Crippen LogP contribution in [0.4, 0.5) is 0 Å². The summed E-state index contributed by atoms with van der Waals surface area (Å²) in [5.74, 6) is 0. The average Bonchev–Trinajstić information content (AvgIpc) is 1.96. The normalized spacial score (nSPS) is 39.0. The molecular formula is C9H21N2+. The van der Waals surface area contributed by atoms with Crippen LogP contribution in [-0.2, 0) is 0 Å². The maximum Gasteiger partial charge on any atom is 0.0986 e. The lowest BCUT2D eigenvalue weighted by Crippen LogP contribution is -2.61. The zero-order valence-corrected chi connectivity index (χ0v) is 8.06. The molecule has 0 aromatic carbocycles. The molecule has 66 valence electrons. The fourth-order valence-corrected chi connectivity index (χ4v) is 1.93. The molecule has 1 aliphatic rings. The summed E-state index contributed by atoms with van der Waals surface area (Å²) in [4.78, 5) is 0. The van der Waals surface area contributed by atoms with Gasteiger partial charge in [0, 0.05) is 13.1 Å². The number of quaternary nitrogens is 1. The molecule has 11 heavy (non-hydrogen) atoms. The van der Waals surface area contributed by atoms with Gasteiger partial charge in [0.2, 0.25) is 0 Å². The molecule has 0 aromatic heterocycles. The van der Waals surface area contributed by atoms with Crippen LogP contribution in [0.2, 0.25) is 0 Å². The van der Waals surface area contributed by atoms with E-state index in [1.165, 1.54) is 37.1 Å². The van der Waals surface area contributed by atoms with Crippen molar-refractivity contribution in [2.75, 3.05) is 33.2 Å². The van der Waals surface area contributed by atoms with Gasteiger partial charge in [-0.05, 0) is 13.3 Å². The van der Waals surface area contributed by atoms with Crippen LogP contribution >= 0.6 is 0 Å². The highest BCUT2D eigenvalue weighted by molar-refractivity contribution is 4.63. The zero-order chi connectivity index (χ0) is 8.32. The number of nitrogens with one attached hydrogen (secondary N) is 1. The summed E-state index contributed by atoms with van der Waals surface area (Å²) in [6.07, 6.45) is 1.31. The maximum absolute atomic E-state index is 3.43. The zero-order valence-electron chi connectivity index (χ0n) is 8.06. The minimum Gasteiger partial charge on any atom is -0.322 e. The van der Waals surface area contributed by atoms with Crippen LogP contribution < -0.4 is 5.32 Å². The summed E-state index contributed by atoms with van der Waals surface area (Å²) < 4.78 is 1.27. The molecule has 1 fully saturated rings. The number of rotatable bonds is 2. The second-order valence-corrected chi connectivity index (χ2v) is 3.98. The largest absolute Gasteiger partial charge is 0.322 e. The molecule has 0 aliphatic carbocycles. The van der Waals surface area contributed by atoms with Gasteiger partial charge in [-0.1, -0.05) is 6.92 Å². The van der Waals surface area contributed by atoms with E-state index in [4.69, 9.17) is 0 Å². The predicted octanol–water partition coefficient (Wildman–Crippen LogP) is 0.835. The fraction of sp³-hybridized carbons (Fsp3) is 1.00. The Hall–Kier alpha value is -0.0800. The van der Waals surface area contributed by atoms with E-state index < -0.39 is 0 Å². The van der Waals surface area contributed by atoms with Gasteiger partial charge in [0.25, 0.3) is 0 Å². The van der Waals surface area contributed by atoms with Crippen molar-refractivity contribution in [3.05, 3.63) is 0 Å². The molecule has 1 unspecified atom stereocenters. The molecular weight excluding hydrogens is 136 g/mol. The first kappa shape index (κ1) is 9.01. The number of hydrogen-bond acceptors (Lipinski definition) is 1. The van der Waals surface area contributed by atoms with E-state index in [2.05, 4.69) is 26.2 Å². The first-order valence-electron chi connectivity index (χ1n) is 4.74. The SMILES string of the molecule is CCC[N+]1(C)CCNC[C@@H]1C. The lowest BCUT2D eigenvalue weighted by molar-refractivity contribution is -0.933. The Morgan fingerprint density at radius 1 is 1.55 bits per heavy atom. The van der Waals surface area contributed by atoms with Gasteiger partial charge in [0.1, 0.15) is 0 Å². The Morgan fingerprint density at radius 3 is 2.82 bits per heavy atom. The third-order valence-electron chi connectivity index (χ3n) is 3.04. The highest BCUT2D eigenvalue weighted by Gasteiger charge is 2.30. The minimum atomic E-state index is 0.795. The van der Waals surface area contributed by atoms with Crippen molar-refractivity contribution in [3.63, 3.8) is 0 Å². The third kappa shape index (κ3) is 1.94. The molecule has 1 heterocycles. The topological polar surface area (TPSA) is 12.0 Å². The van der Waals surface area contributed by atoms with Gasteiger partial charge in [-0.3, -0.25) is 0 Å². The minimum absolute atomic E-state index is 0.795. The Balaban J connectivity index is 2.49. The molecule has 0 spiro atoms. The van der Waals surface area contributed by atoms with Crippen LogP contribution in [0, 0.1) is 0 Å². The van der Waals surface area contributed by atoms with Crippen molar-refractivity contribution >= 4 is 0 Å². The lowest BCUT2D eigenvalue weighted by atomic mass is 10.1. The predicted molar refractivity (Wildman–Crippen MR) is 48.5 cm³/mol. The van der Waals surface area contributed by atoms with E-state index in [9.17, 15) is 0 Å². The van der Waals surface area contributed by atoms with E-state index in [1.54, 1.807) is 0 Å². The van der Waals surface area contributed by atoms with Gasteiger partial charge in [0.05, 0.1) is 26.2 Å². The van der Waals surface area contributed by atoms with Crippen LogP contribution in [0.15, 0.2) is 0 Å². The molecule has 1 saturated heterocycles. The van der Waals surface area contributed by atoms with Gasteiger partial charge in [0.15, 0.2) is 0 Å². The van der Waals surface area contributed by atoms with Gasteiger partial charge >= 0.3 is 0 Å². The summed E-state index contributed by atoms with van der Waals surface area (Å²) in [7, 11) is 2.38. The molecule has 1 rings (SSSR count). The third-order valence-corrected chi connectivity index (χ3v) is 3.04. The van der Waals surface area contributed by atoms with Crippen LogP contribution in [0.3, 0.4) is 0 Å². The van der Waals surface area contributed by atoms with E-state index >= 15 is 0 Å². The summed E-state index contributed by atoms with van der Waals surface area (Å²) in [5, 5.41) is 3.43. The Bertz CT molecular complexity index is 121. The molecule has 2 atom stereocenters. The molecule has 0 saturated carbocycles. The Kier molecular flexibility index (Phi) is 2.90. The number of hydrogen-bond donors (Lipinski definition) is 1. The molecule has 0 radical (unpaired) electrons. The van der Waals surface area contributed by atoms with Gasteiger partial charge in [-0.15, -0.1) is 0 Å². The quantitative estimate of drug-likeness (QED) is 0.586. The summed E-state index contributed by atoms with van der Waals surface area (Å²) in [6, 6.07) is 0.795. The highest BCUT2D eigenvalue weighted by atomic mass is 15.4. The molecule has 1 N–H and O–H groups in total. The van der Waals surface area contributed by atoms with Gasteiger partial charge < -0.3 is 9.80 Å². The molecule has 2 heteroatoms. The molecule has 2 nitrogen and oxygen atoms in total. The summed E-state index contributed by atoms with van der Waals surface area (Å²) >= 11 is 0. The van der Waals surface area contributed by atoms with E-state index in [0.29, 0.717) is 0 Å². The van der Waals surface area contributed by atoms with Crippen molar-refractivity contribution in [3.8, 4) is 0 Å². The average molecular weight is 157 g/mol. The van der Waals surface area contributed by atoms with Crippen LogP contribution in [0.5, 0.6) is 0 Å². The fourth-order valence-electron chi connectivity index (χ4n) is 1.93. The molecule has 0 bridgehead atoms. The highest BCUT2D eigenvalue weighted by Crippen LogP contribution is 2.12. The van der Waals surface area contributed by atoms with Crippen molar-refractivity contribution < 1.29 is 4.48 Å². The first-order chi connectivity index (χ1) is 5.19. The van der Waals surface area contributed by atoms with Gasteiger partial charge in [-0.25, -0.2) is 0 Å². The van der Waals surface area contributed by atoms with E-state index in [-0.39, 0.29) is 0 Å². The number of piperazine rings is 1.